The van der Waals surface area contributed by atoms with E-state index in [1.165, 1.54) is 4.90 Å². The van der Waals surface area contributed by atoms with Gasteiger partial charge in [-0.2, -0.15) is 0 Å². The maximum atomic E-state index is 13.2. The van der Waals surface area contributed by atoms with Crippen molar-refractivity contribution in [1.82, 2.24) is 0 Å². The largest absolute Gasteiger partial charge is 0.465 e. The number of hydrogen-bond acceptors (Lipinski definition) is 6. The Morgan fingerprint density at radius 2 is 1.57 bits per heavy atom. The second-order valence-electron chi connectivity index (χ2n) is 7.90. The minimum Gasteiger partial charge on any atom is -0.465 e. The number of nitrogens with two attached hydrogens (primary N) is 2. The van der Waals surface area contributed by atoms with Crippen LogP contribution in [0, 0.1) is 0 Å². The van der Waals surface area contributed by atoms with E-state index in [2.05, 4.69) is 4.99 Å². The summed E-state index contributed by atoms with van der Waals surface area (Å²) < 4.78 is 10.4. The maximum Gasteiger partial charge on any atom is 0.343 e. The molecule has 1 amide bonds. The Morgan fingerprint density at radius 3 is 2.16 bits per heavy atom. The van der Waals surface area contributed by atoms with Gasteiger partial charge < -0.3 is 20.9 Å². The second-order valence-corrected chi connectivity index (χ2v) is 7.90. The molecular formula is C28H28N4O5. The van der Waals surface area contributed by atoms with Crippen LogP contribution in [0.3, 0.4) is 0 Å². The van der Waals surface area contributed by atoms with E-state index in [-0.39, 0.29) is 25.0 Å². The number of para-hydroxylation sites is 1. The van der Waals surface area contributed by atoms with Crippen LogP contribution < -0.4 is 21.1 Å². The summed E-state index contributed by atoms with van der Waals surface area (Å²) in [5.41, 5.74) is 13.3. The molecule has 0 saturated carbocycles. The van der Waals surface area contributed by atoms with Gasteiger partial charge in [-0.25, -0.2) is 9.79 Å². The van der Waals surface area contributed by atoms with Crippen molar-refractivity contribution in [3.63, 3.8) is 0 Å². The summed E-state index contributed by atoms with van der Waals surface area (Å²) in [4.78, 5) is 43.1. The molecule has 3 aromatic carbocycles. The lowest BCUT2D eigenvalue weighted by Gasteiger charge is -2.22. The van der Waals surface area contributed by atoms with Crippen molar-refractivity contribution in [1.29, 1.82) is 0 Å². The molecule has 0 spiro atoms. The Bertz CT molecular complexity index is 1300. The molecule has 3 rings (SSSR count). The van der Waals surface area contributed by atoms with Crippen molar-refractivity contribution in [2.45, 2.75) is 13.8 Å². The van der Waals surface area contributed by atoms with Gasteiger partial charge in [-0.05, 0) is 74.0 Å². The zero-order chi connectivity index (χ0) is 26.8. The Hall–Kier alpha value is -4.92. The van der Waals surface area contributed by atoms with Crippen molar-refractivity contribution in [3.05, 3.63) is 95.6 Å². The van der Waals surface area contributed by atoms with Crippen molar-refractivity contribution < 1.29 is 23.9 Å². The topological polar surface area (TPSA) is 137 Å². The third-order valence-corrected chi connectivity index (χ3v) is 5.08. The molecule has 0 radical (unpaired) electrons. The highest BCUT2D eigenvalue weighted by Gasteiger charge is 2.21. The molecule has 37 heavy (non-hydrogen) atoms. The van der Waals surface area contributed by atoms with Crippen LogP contribution in [-0.2, 0) is 14.3 Å². The molecule has 9 nitrogen and oxygen atoms in total. The number of anilines is 1. The van der Waals surface area contributed by atoms with Gasteiger partial charge in [0.1, 0.15) is 12.3 Å². The van der Waals surface area contributed by atoms with Crippen LogP contribution in [0.4, 0.5) is 11.4 Å². The first kappa shape index (κ1) is 26.7. The summed E-state index contributed by atoms with van der Waals surface area (Å²) in [6.07, 6.45) is 1.68. The first-order valence-corrected chi connectivity index (χ1v) is 11.5. The van der Waals surface area contributed by atoms with E-state index in [1.807, 2.05) is 6.07 Å². The van der Waals surface area contributed by atoms with E-state index in [0.29, 0.717) is 33.8 Å². The molecule has 0 aliphatic rings. The number of guanidine groups is 1. The molecule has 0 aromatic heterocycles. The highest BCUT2D eigenvalue weighted by atomic mass is 16.5. The second kappa shape index (κ2) is 12.7. The highest BCUT2D eigenvalue weighted by Crippen LogP contribution is 2.20. The van der Waals surface area contributed by atoms with Gasteiger partial charge in [-0.3, -0.25) is 14.5 Å². The third-order valence-electron chi connectivity index (χ3n) is 5.08. The number of esters is 2. The molecule has 0 bridgehead atoms. The summed E-state index contributed by atoms with van der Waals surface area (Å²) in [7, 11) is 0. The molecule has 0 aliphatic heterocycles. The molecule has 0 saturated heterocycles. The fourth-order valence-electron chi connectivity index (χ4n) is 3.37. The Balaban J connectivity index is 1.71. The molecule has 0 heterocycles. The van der Waals surface area contributed by atoms with Crippen molar-refractivity contribution >= 4 is 41.3 Å². The summed E-state index contributed by atoms with van der Waals surface area (Å²) in [6.45, 7) is 3.39. The van der Waals surface area contributed by atoms with E-state index in [9.17, 15) is 14.4 Å². The molecule has 9 heteroatoms. The first-order chi connectivity index (χ1) is 17.8. The number of carbonyl (C=O) groups is 3. The molecule has 0 fully saturated rings. The summed E-state index contributed by atoms with van der Waals surface area (Å²) in [5, 5.41) is 0. The van der Waals surface area contributed by atoms with E-state index in [1.54, 1.807) is 92.7 Å². The van der Waals surface area contributed by atoms with Crippen LogP contribution in [0.2, 0.25) is 0 Å². The number of hydrogen-bond donors (Lipinski definition) is 2. The van der Waals surface area contributed by atoms with E-state index in [4.69, 9.17) is 20.9 Å². The summed E-state index contributed by atoms with van der Waals surface area (Å²) in [6, 6.07) is 21.9. The zero-order valence-corrected chi connectivity index (χ0v) is 20.6. The number of amides is 1. The molecule has 0 atom stereocenters. The number of aliphatic imine (C=N–C) groups is 1. The number of ether oxygens (including phenoxy) is 2. The predicted molar refractivity (Wildman–Crippen MR) is 142 cm³/mol. The standard InChI is InChI=1S/C28H28N4O5/c1-3-36-25(33)18-32(23-7-5-4-6-8-23)26(34)19(2)17-20-9-11-21(12-10-20)27(35)37-24-15-13-22(14-16-24)31-28(29)30/h4-17H,3,18H2,1-2H3,(H4,29,30,31). The quantitative estimate of drug-likeness (QED) is 0.150. The lowest BCUT2D eigenvalue weighted by atomic mass is 10.1. The Kier molecular flexibility index (Phi) is 9.15. The van der Waals surface area contributed by atoms with Crippen LogP contribution in [0.1, 0.15) is 29.8 Å². The SMILES string of the molecule is CCOC(=O)CN(C(=O)C(C)=Cc1ccc(C(=O)Oc2ccc(N=C(N)N)cc2)cc1)c1ccccc1. The first-order valence-electron chi connectivity index (χ1n) is 11.5. The molecule has 0 unspecified atom stereocenters. The lowest BCUT2D eigenvalue weighted by molar-refractivity contribution is -0.142. The third kappa shape index (κ3) is 7.79. The molecule has 190 valence electrons. The average molecular weight is 501 g/mol. The van der Waals surface area contributed by atoms with Gasteiger partial charge in [-0.1, -0.05) is 30.3 Å². The molecule has 3 aromatic rings. The maximum absolute atomic E-state index is 13.2. The van der Waals surface area contributed by atoms with Crippen molar-refractivity contribution in [2.24, 2.45) is 16.5 Å². The summed E-state index contributed by atoms with van der Waals surface area (Å²) >= 11 is 0. The van der Waals surface area contributed by atoms with Gasteiger partial charge in [0, 0.05) is 11.3 Å². The minimum atomic E-state index is -0.539. The fourth-order valence-corrected chi connectivity index (χ4v) is 3.37. The minimum absolute atomic E-state index is 0.0670. The molecule has 0 aliphatic carbocycles. The smallest absolute Gasteiger partial charge is 0.343 e. The van der Waals surface area contributed by atoms with Gasteiger partial charge in [0.05, 0.1) is 17.9 Å². The number of carbonyl (C=O) groups excluding carboxylic acids is 3. The fraction of sp³-hybridized carbons (Fsp3) is 0.143. The normalized spacial score (nSPS) is 10.8. The van der Waals surface area contributed by atoms with Crippen LogP contribution in [0.25, 0.3) is 6.08 Å². The highest BCUT2D eigenvalue weighted by molar-refractivity contribution is 6.10. The van der Waals surface area contributed by atoms with E-state index < -0.39 is 11.9 Å². The number of benzene rings is 3. The summed E-state index contributed by atoms with van der Waals surface area (Å²) in [5.74, 6) is -1.11. The zero-order valence-electron chi connectivity index (χ0n) is 20.6. The van der Waals surface area contributed by atoms with Crippen LogP contribution >= 0.6 is 0 Å². The molecular weight excluding hydrogens is 472 g/mol. The number of rotatable bonds is 9. The lowest BCUT2D eigenvalue weighted by Crippen LogP contribution is -2.37. The van der Waals surface area contributed by atoms with Gasteiger partial charge in [0.25, 0.3) is 5.91 Å². The molecule has 4 N–H and O–H groups in total. The number of nitrogens with zero attached hydrogens (tertiary/aromatic N) is 2. The van der Waals surface area contributed by atoms with Crippen LogP contribution in [0.5, 0.6) is 5.75 Å². The predicted octanol–water partition coefficient (Wildman–Crippen LogP) is 3.81. The Labute approximate surface area is 215 Å². The van der Waals surface area contributed by atoms with Gasteiger partial charge >= 0.3 is 11.9 Å². The van der Waals surface area contributed by atoms with Crippen LogP contribution in [-0.4, -0.2) is 37.0 Å². The van der Waals surface area contributed by atoms with Crippen molar-refractivity contribution in [3.8, 4) is 5.75 Å². The Morgan fingerprint density at radius 1 is 0.919 bits per heavy atom. The monoisotopic (exact) mass is 500 g/mol. The average Bonchev–Trinajstić information content (AvgIpc) is 2.89. The van der Waals surface area contributed by atoms with Crippen LogP contribution in [0.15, 0.2) is 89.4 Å². The van der Waals surface area contributed by atoms with Gasteiger partial charge in [0.2, 0.25) is 0 Å². The van der Waals surface area contributed by atoms with E-state index >= 15 is 0 Å². The van der Waals surface area contributed by atoms with E-state index in [0.717, 1.165) is 0 Å². The van der Waals surface area contributed by atoms with Gasteiger partial charge in [-0.15, -0.1) is 0 Å². The van der Waals surface area contributed by atoms with Gasteiger partial charge in [0.15, 0.2) is 5.96 Å². The van der Waals surface area contributed by atoms with Crippen molar-refractivity contribution in [2.75, 3.05) is 18.1 Å².